The van der Waals surface area contributed by atoms with Gasteiger partial charge in [-0.1, -0.05) is 35.9 Å². The van der Waals surface area contributed by atoms with Crippen LogP contribution in [0.3, 0.4) is 0 Å². The second kappa shape index (κ2) is 5.44. The molecule has 3 nitrogen and oxygen atoms in total. The van der Waals surface area contributed by atoms with Crippen molar-refractivity contribution in [3.05, 3.63) is 47.0 Å². The van der Waals surface area contributed by atoms with Crippen LogP contribution < -0.4 is 5.43 Å². The molecule has 1 aliphatic rings. The molecule has 1 unspecified atom stereocenters. The second-order valence-electron chi connectivity index (χ2n) is 5.14. The highest BCUT2D eigenvalue weighted by molar-refractivity contribution is 6.31. The summed E-state index contributed by atoms with van der Waals surface area (Å²) >= 11 is 5.93. The molecule has 1 atom stereocenters. The summed E-state index contributed by atoms with van der Waals surface area (Å²) in [4.78, 5) is 11.3. The zero-order chi connectivity index (χ0) is 15.9. The van der Waals surface area contributed by atoms with E-state index in [9.17, 15) is 18.0 Å². The third kappa shape index (κ3) is 2.76. The van der Waals surface area contributed by atoms with Crippen molar-refractivity contribution >= 4 is 28.3 Å². The predicted octanol–water partition coefficient (Wildman–Crippen LogP) is 3.83. The molecular formula is C15H12ClF3N2O. The molecule has 7 heteroatoms. The van der Waals surface area contributed by atoms with Crippen molar-refractivity contribution in [2.24, 2.45) is 0 Å². The predicted molar refractivity (Wildman–Crippen MR) is 77.2 cm³/mol. The minimum atomic E-state index is -4.52. The fourth-order valence-electron chi connectivity index (χ4n) is 2.72. The van der Waals surface area contributed by atoms with E-state index in [1.165, 1.54) is 12.1 Å². The average Bonchev–Trinajstić information content (AvgIpc) is 2.84. The lowest BCUT2D eigenvalue weighted by Gasteiger charge is -2.30. The van der Waals surface area contributed by atoms with E-state index in [1.54, 1.807) is 24.3 Å². The molecule has 0 saturated carbocycles. The largest absolute Gasteiger partial charge is 0.409 e. The smallest absolute Gasteiger partial charge is 0.288 e. The maximum Gasteiger partial charge on any atom is 0.409 e. The minimum Gasteiger partial charge on any atom is -0.288 e. The Morgan fingerprint density at radius 3 is 2.64 bits per heavy atom. The van der Waals surface area contributed by atoms with E-state index in [0.29, 0.717) is 15.8 Å². The molecule has 0 aliphatic carbocycles. The highest BCUT2D eigenvalue weighted by Gasteiger charge is 2.47. The summed E-state index contributed by atoms with van der Waals surface area (Å²) in [6, 6.07) is 7.64. The summed E-state index contributed by atoms with van der Waals surface area (Å²) in [6.45, 7) is 0.0139. The molecule has 0 bridgehead atoms. The van der Waals surface area contributed by atoms with Gasteiger partial charge in [0.15, 0.2) is 6.04 Å². The van der Waals surface area contributed by atoms with Crippen LogP contribution in [0.1, 0.15) is 18.0 Å². The van der Waals surface area contributed by atoms with Gasteiger partial charge in [0.1, 0.15) is 0 Å². The number of amides is 1. The van der Waals surface area contributed by atoms with Crippen LogP contribution in [0.2, 0.25) is 5.02 Å². The number of carbonyl (C=O) groups is 1. The van der Waals surface area contributed by atoms with E-state index in [4.69, 9.17) is 11.6 Å². The summed E-state index contributed by atoms with van der Waals surface area (Å²) in [5.41, 5.74) is 2.36. The maximum atomic E-state index is 13.6. The molecule has 1 aliphatic heterocycles. The van der Waals surface area contributed by atoms with Crippen LogP contribution in [0, 0.1) is 0 Å². The van der Waals surface area contributed by atoms with Crippen molar-refractivity contribution in [1.82, 2.24) is 10.4 Å². The van der Waals surface area contributed by atoms with Crippen molar-refractivity contribution in [1.29, 1.82) is 0 Å². The van der Waals surface area contributed by atoms with Gasteiger partial charge in [-0.05, 0) is 28.5 Å². The van der Waals surface area contributed by atoms with E-state index in [-0.39, 0.29) is 18.5 Å². The minimum absolute atomic E-state index is 0.0139. The third-order valence-corrected chi connectivity index (χ3v) is 3.88. The number of nitrogens with zero attached hydrogens (tertiary/aromatic N) is 1. The van der Waals surface area contributed by atoms with Crippen LogP contribution in [0.25, 0.3) is 10.8 Å². The van der Waals surface area contributed by atoms with Gasteiger partial charge in [0.25, 0.3) is 0 Å². The first-order valence-corrected chi connectivity index (χ1v) is 7.05. The zero-order valence-electron chi connectivity index (χ0n) is 11.3. The van der Waals surface area contributed by atoms with Gasteiger partial charge in [-0.15, -0.1) is 0 Å². The zero-order valence-corrected chi connectivity index (χ0v) is 12.1. The van der Waals surface area contributed by atoms with Gasteiger partial charge in [-0.25, -0.2) is 5.01 Å². The summed E-state index contributed by atoms with van der Waals surface area (Å²) < 4.78 is 40.8. The fourth-order valence-corrected chi connectivity index (χ4v) is 2.89. The molecule has 1 fully saturated rings. The van der Waals surface area contributed by atoms with E-state index in [1.807, 2.05) is 0 Å². The SMILES string of the molecule is O=C1CCN(C(c2cccc3ccc(Cl)cc23)C(F)(F)F)N1. The summed E-state index contributed by atoms with van der Waals surface area (Å²) in [5, 5.41) is 2.41. The average molecular weight is 329 g/mol. The highest BCUT2D eigenvalue weighted by Crippen LogP contribution is 2.41. The molecule has 0 aromatic heterocycles. The number of nitrogens with one attached hydrogen (secondary N) is 1. The lowest BCUT2D eigenvalue weighted by atomic mass is 9.98. The molecule has 2 aromatic rings. The van der Waals surface area contributed by atoms with Crippen molar-refractivity contribution in [2.45, 2.75) is 18.6 Å². The summed E-state index contributed by atoms with van der Waals surface area (Å²) in [6.07, 6.45) is -4.47. The van der Waals surface area contributed by atoms with Crippen molar-refractivity contribution in [3.63, 3.8) is 0 Å². The quantitative estimate of drug-likeness (QED) is 0.908. The monoisotopic (exact) mass is 328 g/mol. The van der Waals surface area contributed by atoms with E-state index in [0.717, 1.165) is 5.01 Å². The Hall–Kier alpha value is -1.79. The van der Waals surface area contributed by atoms with E-state index in [2.05, 4.69) is 5.43 Å². The van der Waals surface area contributed by atoms with Crippen LogP contribution in [-0.4, -0.2) is 23.6 Å². The van der Waals surface area contributed by atoms with Crippen molar-refractivity contribution in [2.75, 3.05) is 6.54 Å². The maximum absolute atomic E-state index is 13.6. The normalized spacial score (nSPS) is 17.7. The Kier molecular flexibility index (Phi) is 3.74. The molecule has 1 amide bonds. The number of halogens is 4. The van der Waals surface area contributed by atoms with Gasteiger partial charge in [-0.3, -0.25) is 10.2 Å². The van der Waals surface area contributed by atoms with Crippen LogP contribution in [0.5, 0.6) is 0 Å². The number of rotatable bonds is 2. The van der Waals surface area contributed by atoms with Crippen LogP contribution in [0.4, 0.5) is 13.2 Å². The number of benzene rings is 2. The Balaban J connectivity index is 2.16. The van der Waals surface area contributed by atoms with Gasteiger partial charge in [0.2, 0.25) is 5.91 Å². The molecule has 22 heavy (non-hydrogen) atoms. The first-order chi connectivity index (χ1) is 10.4. The first-order valence-electron chi connectivity index (χ1n) is 6.67. The summed E-state index contributed by atoms with van der Waals surface area (Å²) in [7, 11) is 0. The molecule has 0 radical (unpaired) electrons. The first kappa shape index (κ1) is 15.1. The van der Waals surface area contributed by atoms with Gasteiger partial charge in [-0.2, -0.15) is 13.2 Å². The molecule has 1 saturated heterocycles. The topological polar surface area (TPSA) is 32.3 Å². The number of hydrogen-bond donors (Lipinski definition) is 1. The van der Waals surface area contributed by atoms with Crippen LogP contribution >= 0.6 is 11.6 Å². The molecule has 2 aromatic carbocycles. The second-order valence-corrected chi connectivity index (χ2v) is 5.57. The van der Waals surface area contributed by atoms with Gasteiger partial charge in [0, 0.05) is 18.0 Å². The third-order valence-electron chi connectivity index (χ3n) is 3.64. The Morgan fingerprint density at radius 2 is 2.00 bits per heavy atom. The molecule has 3 rings (SSSR count). The molecule has 116 valence electrons. The number of carbonyl (C=O) groups excluding carboxylic acids is 1. The van der Waals surface area contributed by atoms with E-state index >= 15 is 0 Å². The van der Waals surface area contributed by atoms with Crippen LogP contribution in [-0.2, 0) is 4.79 Å². The molecule has 1 heterocycles. The van der Waals surface area contributed by atoms with Gasteiger partial charge < -0.3 is 0 Å². The Bertz CT molecular complexity index is 732. The number of hydrazine groups is 1. The fraction of sp³-hybridized carbons (Fsp3) is 0.267. The lowest BCUT2D eigenvalue weighted by Crippen LogP contribution is -2.43. The van der Waals surface area contributed by atoms with Gasteiger partial charge in [0.05, 0.1) is 0 Å². The van der Waals surface area contributed by atoms with Crippen LogP contribution in [0.15, 0.2) is 36.4 Å². The summed E-state index contributed by atoms with van der Waals surface area (Å²) in [5.74, 6) is -0.410. The number of fused-ring (bicyclic) bond motifs is 1. The highest BCUT2D eigenvalue weighted by atomic mass is 35.5. The van der Waals surface area contributed by atoms with Crippen molar-refractivity contribution in [3.8, 4) is 0 Å². The van der Waals surface area contributed by atoms with Crippen molar-refractivity contribution < 1.29 is 18.0 Å². The number of alkyl halides is 3. The molecular weight excluding hydrogens is 317 g/mol. The molecule has 1 N–H and O–H groups in total. The Morgan fingerprint density at radius 1 is 1.23 bits per heavy atom. The standard InChI is InChI=1S/C15H12ClF3N2O/c16-10-5-4-9-2-1-3-11(12(9)8-10)14(15(17,18)19)21-7-6-13(22)20-21/h1-5,8,14H,6-7H2,(H,20,22). The number of hydrogen-bond acceptors (Lipinski definition) is 2. The van der Waals surface area contributed by atoms with Gasteiger partial charge >= 0.3 is 6.18 Å². The molecule has 0 spiro atoms. The van der Waals surface area contributed by atoms with E-state index < -0.39 is 18.1 Å². The Labute approximate surface area is 129 Å². The lowest BCUT2D eigenvalue weighted by molar-refractivity contribution is -0.190.